The maximum atomic E-state index is 12.8. The van der Waals surface area contributed by atoms with E-state index >= 15 is 0 Å². The average molecular weight is 821 g/mol. The predicted octanol–water partition coefficient (Wildman–Crippen LogP) is 16.7. The highest BCUT2D eigenvalue weighted by molar-refractivity contribution is 5.71. The van der Waals surface area contributed by atoms with Gasteiger partial charge in [-0.25, -0.2) is 0 Å². The van der Waals surface area contributed by atoms with Crippen molar-refractivity contribution in [2.75, 3.05) is 13.2 Å². The molecule has 58 heavy (non-hydrogen) atoms. The number of unbranched alkanes of at least 4 members (excludes halogenated alkanes) is 34. The van der Waals surface area contributed by atoms with Gasteiger partial charge in [0.2, 0.25) is 0 Å². The Morgan fingerprint density at radius 1 is 0.328 bits per heavy atom. The molecular weight excluding hydrogens is 721 g/mol. The molecule has 1 atom stereocenters. The van der Waals surface area contributed by atoms with Crippen LogP contribution < -0.4 is 0 Å². The summed E-state index contributed by atoms with van der Waals surface area (Å²) in [4.78, 5) is 37.9. The van der Waals surface area contributed by atoms with Crippen LogP contribution in [0.25, 0.3) is 0 Å². The molecule has 0 aliphatic carbocycles. The standard InChI is InChI=1S/C52H100O6/c1-5-7-9-11-13-15-16-17-21-25-29-33-37-41-45-52(55)58-49(46-56-50(53)43-39-35-31-26-14-12-10-8-6-2)47-57-51(54)44-40-36-32-28-24-22-19-18-20-23-27-30-34-38-42-48(3)4/h48-49H,5-47H2,1-4H3/t49-/m0/s1. The Balaban J connectivity index is 4.25. The van der Waals surface area contributed by atoms with Crippen LogP contribution in [0.5, 0.6) is 0 Å². The Kier molecular flexibility index (Phi) is 45.2. The van der Waals surface area contributed by atoms with Gasteiger partial charge in [0.1, 0.15) is 13.2 Å². The lowest BCUT2D eigenvalue weighted by Crippen LogP contribution is -2.30. The van der Waals surface area contributed by atoms with Crippen LogP contribution in [0.1, 0.15) is 291 Å². The second-order valence-electron chi connectivity index (χ2n) is 18.3. The van der Waals surface area contributed by atoms with E-state index in [1.54, 1.807) is 0 Å². The van der Waals surface area contributed by atoms with Crippen molar-refractivity contribution in [3.05, 3.63) is 0 Å². The van der Waals surface area contributed by atoms with Crippen LogP contribution in [0.2, 0.25) is 0 Å². The number of rotatable bonds is 47. The maximum Gasteiger partial charge on any atom is 0.306 e. The summed E-state index contributed by atoms with van der Waals surface area (Å²) in [5, 5.41) is 0. The number of carbonyl (C=O) groups excluding carboxylic acids is 3. The van der Waals surface area contributed by atoms with E-state index in [-0.39, 0.29) is 31.1 Å². The molecule has 6 heteroatoms. The first-order valence-corrected chi connectivity index (χ1v) is 25.9. The molecule has 0 fully saturated rings. The third-order valence-electron chi connectivity index (χ3n) is 11.8. The molecule has 0 amide bonds. The van der Waals surface area contributed by atoms with E-state index in [0.717, 1.165) is 63.7 Å². The molecule has 344 valence electrons. The zero-order valence-electron chi connectivity index (χ0n) is 39.5. The van der Waals surface area contributed by atoms with Gasteiger partial charge in [-0.3, -0.25) is 14.4 Å². The Hall–Kier alpha value is -1.59. The molecule has 0 aromatic heterocycles. The van der Waals surface area contributed by atoms with Gasteiger partial charge in [0.05, 0.1) is 0 Å². The highest BCUT2D eigenvalue weighted by Gasteiger charge is 2.19. The highest BCUT2D eigenvalue weighted by atomic mass is 16.6. The van der Waals surface area contributed by atoms with Gasteiger partial charge in [-0.15, -0.1) is 0 Å². The van der Waals surface area contributed by atoms with Crippen LogP contribution in [0, 0.1) is 5.92 Å². The van der Waals surface area contributed by atoms with Crippen LogP contribution in [0.3, 0.4) is 0 Å². The SMILES string of the molecule is CCCCCCCCCCCCCCCCC(=O)O[C@@H](COC(=O)CCCCCCCCCCC)COC(=O)CCCCCCCCCCCCCCCCC(C)C. The first-order valence-electron chi connectivity index (χ1n) is 25.9. The zero-order chi connectivity index (χ0) is 42.4. The topological polar surface area (TPSA) is 78.9 Å². The first kappa shape index (κ1) is 56.4. The molecule has 0 N–H and O–H groups in total. The average Bonchev–Trinajstić information content (AvgIpc) is 3.21. The van der Waals surface area contributed by atoms with Crippen molar-refractivity contribution in [1.82, 2.24) is 0 Å². The van der Waals surface area contributed by atoms with Crippen LogP contribution in [-0.4, -0.2) is 37.2 Å². The lowest BCUT2D eigenvalue weighted by molar-refractivity contribution is -0.167. The minimum atomic E-state index is -0.759. The van der Waals surface area contributed by atoms with Crippen molar-refractivity contribution >= 4 is 17.9 Å². The summed E-state index contributed by atoms with van der Waals surface area (Å²) in [6.45, 7) is 9.02. The highest BCUT2D eigenvalue weighted by Crippen LogP contribution is 2.17. The van der Waals surface area contributed by atoms with E-state index < -0.39 is 6.10 Å². The van der Waals surface area contributed by atoms with Crippen LogP contribution in [0.15, 0.2) is 0 Å². The summed E-state index contributed by atoms with van der Waals surface area (Å²) in [7, 11) is 0. The monoisotopic (exact) mass is 821 g/mol. The lowest BCUT2D eigenvalue weighted by atomic mass is 10.0. The summed E-state index contributed by atoms with van der Waals surface area (Å²) in [5.41, 5.74) is 0. The molecule has 0 unspecified atom stereocenters. The van der Waals surface area contributed by atoms with Crippen molar-refractivity contribution in [3.8, 4) is 0 Å². The lowest BCUT2D eigenvalue weighted by Gasteiger charge is -2.18. The zero-order valence-corrected chi connectivity index (χ0v) is 39.5. The van der Waals surface area contributed by atoms with Crippen molar-refractivity contribution < 1.29 is 28.6 Å². The molecule has 0 aliphatic heterocycles. The fourth-order valence-corrected chi connectivity index (χ4v) is 7.86. The van der Waals surface area contributed by atoms with Gasteiger partial charge in [0, 0.05) is 19.3 Å². The van der Waals surface area contributed by atoms with Crippen molar-refractivity contribution in [2.45, 2.75) is 297 Å². The van der Waals surface area contributed by atoms with E-state index in [2.05, 4.69) is 27.7 Å². The van der Waals surface area contributed by atoms with Gasteiger partial charge in [-0.2, -0.15) is 0 Å². The third kappa shape index (κ3) is 45.5. The Morgan fingerprint density at radius 3 is 0.845 bits per heavy atom. The first-order chi connectivity index (χ1) is 28.4. The van der Waals surface area contributed by atoms with E-state index in [1.807, 2.05) is 0 Å². The predicted molar refractivity (Wildman–Crippen MR) is 247 cm³/mol. The van der Waals surface area contributed by atoms with E-state index in [4.69, 9.17) is 14.2 Å². The van der Waals surface area contributed by atoms with Gasteiger partial charge in [-0.1, -0.05) is 252 Å². The number of carbonyl (C=O) groups is 3. The smallest absolute Gasteiger partial charge is 0.306 e. The van der Waals surface area contributed by atoms with Gasteiger partial charge < -0.3 is 14.2 Å². The molecule has 0 saturated heterocycles. The number of ether oxygens (including phenoxy) is 3. The summed E-state index contributed by atoms with van der Waals surface area (Å²) in [5.74, 6) is -0.00155. The minimum absolute atomic E-state index is 0.0627. The van der Waals surface area contributed by atoms with Gasteiger partial charge in [0.25, 0.3) is 0 Å². The van der Waals surface area contributed by atoms with Crippen molar-refractivity contribution in [2.24, 2.45) is 5.92 Å². The van der Waals surface area contributed by atoms with E-state index in [0.29, 0.717) is 19.3 Å². The number of esters is 3. The molecule has 0 aliphatic rings. The maximum absolute atomic E-state index is 12.8. The fraction of sp³-hybridized carbons (Fsp3) is 0.942. The second-order valence-corrected chi connectivity index (χ2v) is 18.3. The molecule has 0 radical (unpaired) electrons. The third-order valence-corrected chi connectivity index (χ3v) is 11.8. The molecule has 0 aromatic carbocycles. The molecule has 0 rings (SSSR count). The minimum Gasteiger partial charge on any atom is -0.462 e. The second kappa shape index (κ2) is 46.5. The molecule has 0 heterocycles. The summed E-state index contributed by atoms with van der Waals surface area (Å²) >= 11 is 0. The number of hydrogen-bond acceptors (Lipinski definition) is 6. The van der Waals surface area contributed by atoms with Crippen molar-refractivity contribution in [3.63, 3.8) is 0 Å². The van der Waals surface area contributed by atoms with Crippen molar-refractivity contribution in [1.29, 1.82) is 0 Å². The number of hydrogen-bond donors (Lipinski definition) is 0. The van der Waals surface area contributed by atoms with Crippen LogP contribution in [0.4, 0.5) is 0 Å². The molecule has 0 aromatic rings. The Morgan fingerprint density at radius 2 is 0.569 bits per heavy atom. The summed E-state index contributed by atoms with van der Waals surface area (Å²) < 4.78 is 16.8. The summed E-state index contributed by atoms with van der Waals surface area (Å²) in [6.07, 6.45) is 48.0. The van der Waals surface area contributed by atoms with Crippen LogP contribution in [-0.2, 0) is 28.6 Å². The normalized spacial score (nSPS) is 11.9. The Bertz CT molecular complexity index is 872. The van der Waals surface area contributed by atoms with Gasteiger partial charge >= 0.3 is 17.9 Å². The van der Waals surface area contributed by atoms with Gasteiger partial charge in [-0.05, 0) is 25.2 Å². The largest absolute Gasteiger partial charge is 0.462 e. The Labute approximate surface area is 361 Å². The summed E-state index contributed by atoms with van der Waals surface area (Å²) in [6, 6.07) is 0. The van der Waals surface area contributed by atoms with E-state index in [1.165, 1.54) is 186 Å². The van der Waals surface area contributed by atoms with Crippen LogP contribution >= 0.6 is 0 Å². The molecule has 6 nitrogen and oxygen atoms in total. The quantitative estimate of drug-likeness (QED) is 0.0346. The molecule has 0 spiro atoms. The molecular formula is C52H100O6. The molecule has 0 saturated carbocycles. The molecule has 0 bridgehead atoms. The van der Waals surface area contributed by atoms with Gasteiger partial charge in [0.15, 0.2) is 6.10 Å². The fourth-order valence-electron chi connectivity index (χ4n) is 7.86. The van der Waals surface area contributed by atoms with E-state index in [9.17, 15) is 14.4 Å².